The second-order valence-corrected chi connectivity index (χ2v) is 8.62. The second-order valence-electron chi connectivity index (χ2n) is 5.93. The normalized spacial score (nSPS) is 11.2. The van der Waals surface area contributed by atoms with E-state index in [1.165, 1.54) is 4.31 Å². The summed E-state index contributed by atoms with van der Waals surface area (Å²) in [6.07, 6.45) is 1.67. The molecular formula is C18H20Cl2N2O3S. The van der Waals surface area contributed by atoms with Crippen LogP contribution in [0.5, 0.6) is 0 Å². The summed E-state index contributed by atoms with van der Waals surface area (Å²) in [7, 11) is -3.44. The first-order valence-electron chi connectivity index (χ1n) is 7.97. The first-order chi connectivity index (χ1) is 12.2. The predicted molar refractivity (Wildman–Crippen MR) is 108 cm³/mol. The average Bonchev–Trinajstić information content (AvgIpc) is 2.54. The van der Waals surface area contributed by atoms with Crippen LogP contribution < -0.4 is 9.62 Å². The first-order valence-corrected chi connectivity index (χ1v) is 10.6. The van der Waals surface area contributed by atoms with Gasteiger partial charge in [-0.2, -0.15) is 0 Å². The lowest BCUT2D eigenvalue weighted by Gasteiger charge is -2.22. The smallest absolute Gasteiger partial charge is 0.232 e. The van der Waals surface area contributed by atoms with Crippen LogP contribution in [0, 0.1) is 6.92 Å². The van der Waals surface area contributed by atoms with Crippen LogP contribution in [-0.4, -0.2) is 27.1 Å². The number of hydrogen-bond acceptors (Lipinski definition) is 3. The van der Waals surface area contributed by atoms with Crippen LogP contribution in [0.4, 0.5) is 11.4 Å². The number of halogens is 2. The molecule has 0 saturated carbocycles. The van der Waals surface area contributed by atoms with Gasteiger partial charge in [0.15, 0.2) is 0 Å². The van der Waals surface area contributed by atoms with Crippen LogP contribution in [0.25, 0.3) is 0 Å². The Morgan fingerprint density at radius 3 is 2.50 bits per heavy atom. The number of nitrogens with zero attached hydrogens (tertiary/aromatic N) is 1. The predicted octanol–water partition coefficient (Wildman–Crippen LogP) is 4.49. The molecule has 0 atom stereocenters. The zero-order valence-corrected chi connectivity index (χ0v) is 16.8. The lowest BCUT2D eigenvalue weighted by Crippen LogP contribution is -2.31. The summed E-state index contributed by atoms with van der Waals surface area (Å²) in [6.45, 7) is 2.10. The van der Waals surface area contributed by atoms with E-state index in [2.05, 4.69) is 5.32 Å². The summed E-state index contributed by atoms with van der Waals surface area (Å²) in [4.78, 5) is 12.1. The zero-order valence-electron chi connectivity index (χ0n) is 14.5. The molecule has 0 aliphatic rings. The number of sulfonamides is 1. The van der Waals surface area contributed by atoms with E-state index >= 15 is 0 Å². The number of benzene rings is 2. The molecule has 2 rings (SSSR count). The third kappa shape index (κ3) is 5.62. The molecule has 0 heterocycles. The Morgan fingerprint density at radius 2 is 1.85 bits per heavy atom. The van der Waals surface area contributed by atoms with E-state index in [1.54, 1.807) is 36.4 Å². The Kier molecular flexibility index (Phi) is 6.92. The number of hydrogen-bond donors (Lipinski definition) is 1. The van der Waals surface area contributed by atoms with E-state index < -0.39 is 10.0 Å². The number of carbonyl (C=O) groups is 1. The molecule has 0 aromatic heterocycles. The van der Waals surface area contributed by atoms with Gasteiger partial charge in [-0.1, -0.05) is 41.4 Å². The van der Waals surface area contributed by atoms with Crippen molar-refractivity contribution in [3.63, 3.8) is 0 Å². The van der Waals surface area contributed by atoms with Crippen molar-refractivity contribution < 1.29 is 13.2 Å². The second kappa shape index (κ2) is 8.75. The molecule has 2 aromatic carbocycles. The lowest BCUT2D eigenvalue weighted by atomic mass is 10.2. The van der Waals surface area contributed by atoms with Crippen molar-refractivity contribution in [3.05, 3.63) is 58.1 Å². The van der Waals surface area contributed by atoms with Gasteiger partial charge < -0.3 is 5.32 Å². The molecule has 0 spiro atoms. The molecular weight excluding hydrogens is 395 g/mol. The minimum absolute atomic E-state index is 0.153. The SMILES string of the molecule is Cc1cccc(N(CCCC(=O)Nc2cccc(Cl)c2Cl)S(C)(=O)=O)c1. The summed E-state index contributed by atoms with van der Waals surface area (Å²) in [5.74, 6) is -0.258. The van der Waals surface area contributed by atoms with Crippen molar-refractivity contribution in [3.8, 4) is 0 Å². The molecule has 0 fully saturated rings. The van der Waals surface area contributed by atoms with Gasteiger partial charge in [-0.05, 0) is 43.2 Å². The van der Waals surface area contributed by atoms with E-state index in [9.17, 15) is 13.2 Å². The van der Waals surface area contributed by atoms with Gasteiger partial charge >= 0.3 is 0 Å². The third-order valence-corrected chi connectivity index (χ3v) is 5.69. The number of rotatable bonds is 7. The van der Waals surface area contributed by atoms with Crippen molar-refractivity contribution in [2.45, 2.75) is 19.8 Å². The molecule has 1 amide bonds. The van der Waals surface area contributed by atoms with E-state index in [1.807, 2.05) is 13.0 Å². The number of nitrogens with one attached hydrogen (secondary N) is 1. The Balaban J connectivity index is 1.99. The van der Waals surface area contributed by atoms with Gasteiger partial charge in [-0.25, -0.2) is 8.42 Å². The quantitative estimate of drug-likeness (QED) is 0.725. The van der Waals surface area contributed by atoms with Crippen molar-refractivity contribution in [2.24, 2.45) is 0 Å². The Morgan fingerprint density at radius 1 is 1.15 bits per heavy atom. The Hall–Kier alpha value is -1.76. The largest absolute Gasteiger partial charge is 0.325 e. The van der Waals surface area contributed by atoms with Crippen molar-refractivity contribution in [2.75, 3.05) is 22.4 Å². The topological polar surface area (TPSA) is 66.5 Å². The Bertz CT molecular complexity index is 901. The molecule has 0 aliphatic heterocycles. The molecule has 0 radical (unpaired) electrons. The summed E-state index contributed by atoms with van der Waals surface area (Å²) in [6, 6.07) is 12.2. The van der Waals surface area contributed by atoms with E-state index in [0.29, 0.717) is 22.8 Å². The molecule has 0 saturated heterocycles. The van der Waals surface area contributed by atoms with E-state index in [0.717, 1.165) is 11.8 Å². The van der Waals surface area contributed by atoms with Gasteiger partial charge in [0, 0.05) is 13.0 Å². The molecule has 26 heavy (non-hydrogen) atoms. The van der Waals surface area contributed by atoms with Gasteiger partial charge in [0.2, 0.25) is 15.9 Å². The highest BCUT2D eigenvalue weighted by Crippen LogP contribution is 2.29. The zero-order chi connectivity index (χ0) is 19.3. The molecule has 140 valence electrons. The van der Waals surface area contributed by atoms with E-state index in [4.69, 9.17) is 23.2 Å². The lowest BCUT2D eigenvalue weighted by molar-refractivity contribution is -0.116. The fraction of sp³-hybridized carbons (Fsp3) is 0.278. The van der Waals surface area contributed by atoms with Gasteiger partial charge in [0.1, 0.15) is 0 Å². The number of amides is 1. The van der Waals surface area contributed by atoms with Crippen molar-refractivity contribution >= 4 is 50.5 Å². The molecule has 0 aliphatic carbocycles. The van der Waals surface area contributed by atoms with Crippen LogP contribution in [0.3, 0.4) is 0 Å². The monoisotopic (exact) mass is 414 g/mol. The van der Waals surface area contributed by atoms with Crippen LogP contribution in [0.1, 0.15) is 18.4 Å². The number of aryl methyl sites for hydroxylation is 1. The van der Waals surface area contributed by atoms with E-state index in [-0.39, 0.29) is 23.9 Å². The van der Waals surface area contributed by atoms with Crippen molar-refractivity contribution in [1.29, 1.82) is 0 Å². The highest BCUT2D eigenvalue weighted by atomic mass is 35.5. The third-order valence-electron chi connectivity index (χ3n) is 3.68. The minimum atomic E-state index is -3.44. The highest BCUT2D eigenvalue weighted by molar-refractivity contribution is 7.92. The Labute approximate surface area is 164 Å². The maximum Gasteiger partial charge on any atom is 0.232 e. The van der Waals surface area contributed by atoms with Gasteiger partial charge in [0.25, 0.3) is 0 Å². The molecule has 2 aromatic rings. The van der Waals surface area contributed by atoms with Crippen LogP contribution in [-0.2, 0) is 14.8 Å². The summed E-state index contributed by atoms with van der Waals surface area (Å²) in [5, 5.41) is 3.32. The average molecular weight is 415 g/mol. The fourth-order valence-corrected chi connectivity index (χ4v) is 3.77. The van der Waals surface area contributed by atoms with Crippen molar-refractivity contribution in [1.82, 2.24) is 0 Å². The van der Waals surface area contributed by atoms with Crippen LogP contribution >= 0.6 is 23.2 Å². The highest BCUT2D eigenvalue weighted by Gasteiger charge is 2.18. The first kappa shape index (κ1) is 20.6. The van der Waals surface area contributed by atoms with Crippen LogP contribution in [0.15, 0.2) is 42.5 Å². The number of carbonyl (C=O) groups excluding carboxylic acids is 1. The molecule has 0 unspecified atom stereocenters. The van der Waals surface area contributed by atoms with Gasteiger partial charge in [0.05, 0.1) is 27.7 Å². The minimum Gasteiger partial charge on any atom is -0.325 e. The fourth-order valence-electron chi connectivity index (χ4n) is 2.47. The maximum atomic E-state index is 12.1. The summed E-state index contributed by atoms with van der Waals surface area (Å²) < 4.78 is 25.5. The standard InChI is InChI=1S/C18H20Cl2N2O3S/c1-13-6-3-7-14(12-13)22(26(2,24)25)11-5-10-17(23)21-16-9-4-8-15(19)18(16)20/h3-4,6-9,12H,5,10-11H2,1-2H3,(H,21,23). The maximum absolute atomic E-state index is 12.1. The summed E-state index contributed by atoms with van der Waals surface area (Å²) in [5.41, 5.74) is 1.98. The van der Waals surface area contributed by atoms with Gasteiger partial charge in [-0.3, -0.25) is 9.10 Å². The molecule has 1 N–H and O–H groups in total. The van der Waals surface area contributed by atoms with Gasteiger partial charge in [-0.15, -0.1) is 0 Å². The molecule has 5 nitrogen and oxygen atoms in total. The number of anilines is 2. The molecule has 8 heteroatoms. The summed E-state index contributed by atoms with van der Waals surface area (Å²) >= 11 is 12.0. The molecule has 0 bridgehead atoms. The van der Waals surface area contributed by atoms with Crippen LogP contribution in [0.2, 0.25) is 10.0 Å².